The molecule has 4 heteroatoms. The second-order valence-corrected chi connectivity index (χ2v) is 5.38. The summed E-state index contributed by atoms with van der Waals surface area (Å²) in [5.74, 6) is 0.378. The van der Waals surface area contributed by atoms with Gasteiger partial charge in [0.2, 0.25) is 7.98 Å². The van der Waals surface area contributed by atoms with E-state index in [4.69, 9.17) is 0 Å². The molecule has 0 amide bonds. The molecule has 0 aliphatic heterocycles. The van der Waals surface area contributed by atoms with Gasteiger partial charge in [-0.25, -0.2) is 5.26 Å². The van der Waals surface area contributed by atoms with Gasteiger partial charge in [0.15, 0.2) is 5.75 Å². The Morgan fingerprint density at radius 2 is 1.58 bits per heavy atom. The third-order valence-electron chi connectivity index (χ3n) is 4.15. The zero-order chi connectivity index (χ0) is 17.1. The molecule has 3 rings (SSSR count). The fourth-order valence-corrected chi connectivity index (χ4v) is 3.23. The average molecular weight is 315 g/mol. The van der Waals surface area contributed by atoms with Crippen LogP contribution in [0.2, 0.25) is 0 Å². The van der Waals surface area contributed by atoms with Crippen LogP contribution in [0.3, 0.4) is 0 Å². The summed E-state index contributed by atoms with van der Waals surface area (Å²) in [4.78, 5) is 4.56. The smallest absolute Gasteiger partial charge is 0.214 e. The fourth-order valence-electron chi connectivity index (χ4n) is 3.23. The first-order chi connectivity index (χ1) is 11.8. The van der Waals surface area contributed by atoms with E-state index in [9.17, 15) is 5.26 Å². The van der Waals surface area contributed by atoms with Crippen molar-refractivity contribution in [2.24, 2.45) is 0 Å². The van der Waals surface area contributed by atoms with Crippen molar-refractivity contribution < 1.29 is 10.1 Å². The highest BCUT2D eigenvalue weighted by molar-refractivity contribution is 6.22. The highest BCUT2D eigenvalue weighted by atomic mass is 17.1. The minimum Gasteiger partial charge on any atom is -0.431 e. The van der Waals surface area contributed by atoms with Crippen molar-refractivity contribution in [2.75, 3.05) is 5.23 Å². The Balaban J connectivity index is 2.78. The maximum atomic E-state index is 9.22. The summed E-state index contributed by atoms with van der Waals surface area (Å²) in [5, 5.41) is 18.7. The van der Waals surface area contributed by atoms with E-state index in [1.54, 1.807) is 26.2 Å². The molecule has 0 aliphatic carbocycles. The molecule has 0 saturated heterocycles. The van der Waals surface area contributed by atoms with E-state index < -0.39 is 0 Å². The molecule has 0 radical (unpaired) electrons. The Morgan fingerprint density at radius 3 is 2.21 bits per heavy atom. The number of rotatable bonds is 4. The predicted octanol–water partition coefficient (Wildman–Crippen LogP) is 2.74. The number of fused-ring (bicyclic) bond motifs is 3. The van der Waals surface area contributed by atoms with Gasteiger partial charge in [-0.05, 0) is 38.7 Å². The van der Waals surface area contributed by atoms with E-state index in [0.29, 0.717) is 5.75 Å². The first-order valence-corrected chi connectivity index (χ1v) is 7.69. The van der Waals surface area contributed by atoms with Crippen molar-refractivity contribution in [1.82, 2.24) is 0 Å². The maximum Gasteiger partial charge on any atom is 0.214 e. The minimum absolute atomic E-state index is 0.378. The largest absolute Gasteiger partial charge is 0.431 e. The van der Waals surface area contributed by atoms with Crippen LogP contribution >= 0.6 is 0 Å². The van der Waals surface area contributed by atoms with E-state index in [1.165, 1.54) is 0 Å². The number of allylic oxidation sites excluding steroid dienone is 2. The second kappa shape index (κ2) is 6.65. The molecule has 3 aromatic rings. The molecule has 3 aromatic carbocycles. The Bertz CT molecular complexity index is 1070. The number of nitrogens with one attached hydrogen (secondary N) is 1. The van der Waals surface area contributed by atoms with Crippen LogP contribution in [-0.4, -0.2) is 13.2 Å². The van der Waals surface area contributed by atoms with Crippen molar-refractivity contribution in [2.45, 2.75) is 0 Å². The number of hydrogen-bond acceptors (Lipinski definition) is 3. The molecule has 0 bridgehead atoms. The zero-order valence-corrected chi connectivity index (χ0v) is 13.5. The quantitative estimate of drug-likeness (QED) is 0.337. The molecule has 0 spiro atoms. The van der Waals surface area contributed by atoms with E-state index in [1.807, 2.05) is 30.4 Å². The number of benzene rings is 3. The van der Waals surface area contributed by atoms with Crippen molar-refractivity contribution >= 4 is 47.4 Å². The van der Waals surface area contributed by atoms with Gasteiger partial charge in [0.25, 0.3) is 0 Å². The fraction of sp³-hybridized carbons (Fsp3) is 0. The van der Waals surface area contributed by atoms with Crippen molar-refractivity contribution in [1.29, 1.82) is 0 Å². The molecule has 0 atom stereocenters. The van der Waals surface area contributed by atoms with Crippen LogP contribution in [0.5, 0.6) is 5.75 Å². The van der Waals surface area contributed by atoms with Gasteiger partial charge >= 0.3 is 0 Å². The molecule has 0 aromatic heterocycles. The van der Waals surface area contributed by atoms with Gasteiger partial charge in [-0.1, -0.05) is 61.7 Å². The van der Waals surface area contributed by atoms with Gasteiger partial charge in [-0.15, -0.1) is 0 Å². The standard InChI is InChI=1S/C20H18BNO2/c1-3-7-13-14-9-5-6-10-15(14)17-11-12-18(24-23)20(22-21)19(17)16(13)8-4-2/h3-12,22-23H,1-2,21H2/b13-7-,16-8+. The minimum atomic E-state index is 0.378. The SMILES string of the molecule is BNc1c(OO)ccc2c1c(=C/C=C)/c(=C\C=C)c1ccccc12. The van der Waals surface area contributed by atoms with Crippen molar-refractivity contribution in [3.8, 4) is 5.75 Å². The Kier molecular flexibility index (Phi) is 4.40. The number of anilines is 1. The first kappa shape index (κ1) is 15.9. The van der Waals surface area contributed by atoms with Crippen LogP contribution in [0.1, 0.15) is 0 Å². The summed E-state index contributed by atoms with van der Waals surface area (Å²) >= 11 is 0. The van der Waals surface area contributed by atoms with Crippen LogP contribution in [0.25, 0.3) is 33.7 Å². The summed E-state index contributed by atoms with van der Waals surface area (Å²) in [6.07, 6.45) is 7.49. The van der Waals surface area contributed by atoms with Gasteiger partial charge in [-0.3, -0.25) is 0 Å². The molecule has 0 saturated carbocycles. The predicted molar refractivity (Wildman–Crippen MR) is 105 cm³/mol. The van der Waals surface area contributed by atoms with Gasteiger partial charge in [0.1, 0.15) is 0 Å². The molecule has 24 heavy (non-hydrogen) atoms. The summed E-state index contributed by atoms with van der Waals surface area (Å²) in [6, 6.07) is 12.0. The Hall–Kier alpha value is -2.98. The Labute approximate surface area is 141 Å². The Morgan fingerprint density at radius 1 is 0.917 bits per heavy atom. The molecule has 2 N–H and O–H groups in total. The molecule has 0 fully saturated rings. The first-order valence-electron chi connectivity index (χ1n) is 7.69. The van der Waals surface area contributed by atoms with Crippen LogP contribution < -0.4 is 20.6 Å². The van der Waals surface area contributed by atoms with E-state index in [0.717, 1.165) is 37.7 Å². The van der Waals surface area contributed by atoms with Crippen molar-refractivity contribution in [3.05, 3.63) is 72.1 Å². The highest BCUT2D eigenvalue weighted by Crippen LogP contribution is 2.33. The lowest BCUT2D eigenvalue weighted by atomic mass is 9.95. The summed E-state index contributed by atoms with van der Waals surface area (Å²) in [5.41, 5.74) is 0.729. The summed E-state index contributed by atoms with van der Waals surface area (Å²) < 4.78 is 0. The van der Waals surface area contributed by atoms with Crippen molar-refractivity contribution in [3.63, 3.8) is 0 Å². The van der Waals surface area contributed by atoms with E-state index >= 15 is 0 Å². The third-order valence-corrected chi connectivity index (χ3v) is 4.15. The molecule has 0 unspecified atom stereocenters. The van der Waals surface area contributed by atoms with Gasteiger partial charge in [0, 0.05) is 5.39 Å². The second-order valence-electron chi connectivity index (χ2n) is 5.38. The lowest BCUT2D eigenvalue weighted by molar-refractivity contribution is -0.136. The molecular weight excluding hydrogens is 297 g/mol. The van der Waals surface area contributed by atoms with Crippen LogP contribution in [0, 0.1) is 0 Å². The zero-order valence-electron chi connectivity index (χ0n) is 13.5. The maximum absolute atomic E-state index is 9.22. The molecular formula is C20H18BNO2. The molecule has 0 aliphatic rings. The third kappa shape index (κ3) is 2.37. The molecule has 3 nitrogen and oxygen atoms in total. The normalized spacial score (nSPS) is 12.5. The van der Waals surface area contributed by atoms with Crippen LogP contribution in [-0.2, 0) is 0 Å². The summed E-state index contributed by atoms with van der Waals surface area (Å²) in [7, 11) is 1.81. The molecule has 0 heterocycles. The molecule has 118 valence electrons. The topological polar surface area (TPSA) is 41.5 Å². The lowest BCUT2D eigenvalue weighted by Crippen LogP contribution is -2.27. The van der Waals surface area contributed by atoms with E-state index in [2.05, 4.69) is 35.4 Å². The van der Waals surface area contributed by atoms with Gasteiger partial charge in [0.05, 0.1) is 5.69 Å². The monoisotopic (exact) mass is 315 g/mol. The van der Waals surface area contributed by atoms with Crippen LogP contribution in [0.15, 0.2) is 61.7 Å². The van der Waals surface area contributed by atoms with Gasteiger partial charge < -0.3 is 10.1 Å². The highest BCUT2D eigenvalue weighted by Gasteiger charge is 2.13. The number of hydrogen-bond donors (Lipinski definition) is 2. The summed E-state index contributed by atoms with van der Waals surface area (Å²) in [6.45, 7) is 7.69. The van der Waals surface area contributed by atoms with E-state index in [-0.39, 0.29) is 0 Å². The van der Waals surface area contributed by atoms with Gasteiger partial charge in [-0.2, -0.15) is 0 Å². The lowest BCUT2D eigenvalue weighted by Gasteiger charge is -2.14. The average Bonchev–Trinajstić information content (AvgIpc) is 2.63. The van der Waals surface area contributed by atoms with Crippen LogP contribution in [0.4, 0.5) is 5.69 Å².